The number of benzene rings is 1. The molecular weight excluding hydrogens is 317 g/mol. The van der Waals surface area contributed by atoms with Gasteiger partial charge in [-0.2, -0.15) is 5.10 Å². The second-order valence-corrected chi connectivity index (χ2v) is 8.55. The number of hydrogen-bond acceptors (Lipinski definition) is 4. The van der Waals surface area contributed by atoms with E-state index >= 15 is 0 Å². The highest BCUT2D eigenvalue weighted by atomic mass is 32.2. The molecule has 1 aliphatic rings. The van der Waals surface area contributed by atoms with Crippen LogP contribution in [-0.2, 0) is 16.4 Å². The van der Waals surface area contributed by atoms with Crippen molar-refractivity contribution in [3.05, 3.63) is 48.0 Å². The van der Waals surface area contributed by atoms with Gasteiger partial charge in [0.25, 0.3) is 0 Å². The van der Waals surface area contributed by atoms with Crippen molar-refractivity contribution in [1.29, 1.82) is 0 Å². The molecule has 2 aromatic rings. The predicted octanol–water partition coefficient (Wildman–Crippen LogP) is 2.02. The molecule has 1 atom stereocenters. The molecule has 0 amide bonds. The van der Waals surface area contributed by atoms with Crippen molar-refractivity contribution in [2.24, 2.45) is 0 Å². The summed E-state index contributed by atoms with van der Waals surface area (Å²) < 4.78 is 38.5. The van der Waals surface area contributed by atoms with Crippen molar-refractivity contribution in [3.8, 4) is 5.69 Å². The predicted molar refractivity (Wildman–Crippen MR) is 86.7 cm³/mol. The molecule has 0 saturated carbocycles. The molecule has 1 unspecified atom stereocenters. The highest BCUT2D eigenvalue weighted by molar-refractivity contribution is 7.92. The van der Waals surface area contributed by atoms with E-state index in [-0.39, 0.29) is 16.8 Å². The van der Waals surface area contributed by atoms with Crippen LogP contribution in [-0.4, -0.2) is 47.2 Å². The highest BCUT2D eigenvalue weighted by Gasteiger charge is 2.26. The van der Waals surface area contributed by atoms with E-state index in [4.69, 9.17) is 0 Å². The van der Waals surface area contributed by atoms with Crippen molar-refractivity contribution in [1.82, 2.24) is 14.7 Å². The van der Waals surface area contributed by atoms with E-state index in [2.05, 4.69) is 10.00 Å². The monoisotopic (exact) mass is 337 g/mol. The minimum absolute atomic E-state index is 0.209. The molecule has 0 spiro atoms. The summed E-state index contributed by atoms with van der Waals surface area (Å²) in [6.07, 6.45) is 4.33. The topological polar surface area (TPSA) is 55.2 Å². The Kier molecular flexibility index (Phi) is 4.50. The standard InChI is InChI=1S/C16H20FN3O2S/c1-13-6-7-19(8-9-23(13,21)22)11-14-10-18-20(12-14)16-4-2-15(17)3-5-16/h2-5,10,12-13H,6-9,11H2,1H3. The lowest BCUT2D eigenvalue weighted by Gasteiger charge is -2.17. The third-order valence-corrected chi connectivity index (χ3v) is 6.50. The Balaban J connectivity index is 1.68. The van der Waals surface area contributed by atoms with Crippen LogP contribution in [0.5, 0.6) is 0 Å². The van der Waals surface area contributed by atoms with Gasteiger partial charge in [0.2, 0.25) is 0 Å². The molecule has 124 valence electrons. The molecule has 0 radical (unpaired) electrons. The second kappa shape index (κ2) is 6.41. The highest BCUT2D eigenvalue weighted by Crippen LogP contribution is 2.16. The van der Waals surface area contributed by atoms with Crippen molar-refractivity contribution >= 4 is 9.84 Å². The first-order chi connectivity index (χ1) is 10.9. The van der Waals surface area contributed by atoms with Crippen LogP contribution in [0.3, 0.4) is 0 Å². The Labute approximate surface area is 135 Å². The average molecular weight is 337 g/mol. The van der Waals surface area contributed by atoms with Gasteiger partial charge in [0.1, 0.15) is 5.82 Å². The Morgan fingerprint density at radius 1 is 1.26 bits per heavy atom. The minimum atomic E-state index is -2.96. The zero-order valence-electron chi connectivity index (χ0n) is 13.0. The lowest BCUT2D eigenvalue weighted by molar-refractivity contribution is 0.283. The van der Waals surface area contributed by atoms with Crippen LogP contribution in [0.25, 0.3) is 5.69 Å². The van der Waals surface area contributed by atoms with Crippen LogP contribution in [0, 0.1) is 5.82 Å². The molecule has 7 heteroatoms. The van der Waals surface area contributed by atoms with Gasteiger partial charge < -0.3 is 0 Å². The molecule has 2 heterocycles. The van der Waals surface area contributed by atoms with Gasteiger partial charge >= 0.3 is 0 Å². The van der Waals surface area contributed by atoms with Crippen molar-refractivity contribution in [2.45, 2.75) is 25.1 Å². The normalized spacial score (nSPS) is 21.9. The number of nitrogens with zero attached hydrogens (tertiary/aromatic N) is 3. The van der Waals surface area contributed by atoms with E-state index in [9.17, 15) is 12.8 Å². The van der Waals surface area contributed by atoms with E-state index in [0.717, 1.165) is 17.8 Å². The van der Waals surface area contributed by atoms with Crippen molar-refractivity contribution in [3.63, 3.8) is 0 Å². The molecule has 3 rings (SSSR count). The summed E-state index contributed by atoms with van der Waals surface area (Å²) in [7, 11) is -2.96. The summed E-state index contributed by atoms with van der Waals surface area (Å²) in [6, 6.07) is 6.15. The van der Waals surface area contributed by atoms with Gasteiger partial charge in [-0.25, -0.2) is 17.5 Å². The summed E-state index contributed by atoms with van der Waals surface area (Å²) in [5.74, 6) is -0.0682. The zero-order chi connectivity index (χ0) is 16.4. The molecule has 1 fully saturated rings. The molecule has 1 aromatic carbocycles. The first kappa shape index (κ1) is 16.1. The van der Waals surface area contributed by atoms with Gasteiger partial charge in [0.15, 0.2) is 9.84 Å². The molecule has 1 aromatic heterocycles. The summed E-state index contributed by atoms with van der Waals surface area (Å²) in [4.78, 5) is 2.15. The van der Waals surface area contributed by atoms with Crippen molar-refractivity contribution in [2.75, 3.05) is 18.8 Å². The lowest BCUT2D eigenvalue weighted by atomic mass is 10.2. The smallest absolute Gasteiger partial charge is 0.154 e. The maximum Gasteiger partial charge on any atom is 0.154 e. The quantitative estimate of drug-likeness (QED) is 0.860. The molecule has 0 N–H and O–H groups in total. The number of hydrogen-bond donors (Lipinski definition) is 0. The van der Waals surface area contributed by atoms with Gasteiger partial charge in [-0.05, 0) is 44.2 Å². The molecule has 0 aliphatic carbocycles. The minimum Gasteiger partial charge on any atom is -0.298 e. The van der Waals surface area contributed by atoms with Crippen LogP contribution >= 0.6 is 0 Å². The Hall–Kier alpha value is -1.73. The number of halogens is 1. The Morgan fingerprint density at radius 2 is 2.00 bits per heavy atom. The Bertz CT molecular complexity index is 771. The SMILES string of the molecule is CC1CCN(Cc2cnn(-c3ccc(F)cc3)c2)CCS1(=O)=O. The summed E-state index contributed by atoms with van der Waals surface area (Å²) in [5.41, 5.74) is 1.81. The van der Waals surface area contributed by atoms with E-state index in [1.54, 1.807) is 29.9 Å². The van der Waals surface area contributed by atoms with Gasteiger partial charge in [0.05, 0.1) is 22.9 Å². The van der Waals surface area contributed by atoms with Crippen LogP contribution in [0.2, 0.25) is 0 Å². The van der Waals surface area contributed by atoms with Crippen molar-refractivity contribution < 1.29 is 12.8 Å². The number of rotatable bonds is 3. The third-order valence-electron chi connectivity index (χ3n) is 4.29. The fourth-order valence-electron chi connectivity index (χ4n) is 2.71. The van der Waals surface area contributed by atoms with E-state index in [1.165, 1.54) is 12.1 Å². The maximum absolute atomic E-state index is 13.0. The molecule has 23 heavy (non-hydrogen) atoms. The van der Waals surface area contributed by atoms with E-state index < -0.39 is 9.84 Å². The first-order valence-electron chi connectivity index (χ1n) is 7.67. The van der Waals surface area contributed by atoms with E-state index in [0.29, 0.717) is 19.5 Å². The molecule has 1 aliphatic heterocycles. The molecule has 0 bridgehead atoms. The number of sulfone groups is 1. The molecule has 5 nitrogen and oxygen atoms in total. The van der Waals surface area contributed by atoms with Gasteiger partial charge in [0, 0.05) is 24.8 Å². The van der Waals surface area contributed by atoms with Crippen LogP contribution in [0.1, 0.15) is 18.9 Å². The van der Waals surface area contributed by atoms with Gasteiger partial charge in [-0.3, -0.25) is 4.90 Å². The fraction of sp³-hybridized carbons (Fsp3) is 0.438. The summed E-state index contributed by atoms with van der Waals surface area (Å²) >= 11 is 0. The Morgan fingerprint density at radius 3 is 2.74 bits per heavy atom. The lowest BCUT2D eigenvalue weighted by Crippen LogP contribution is -2.26. The average Bonchev–Trinajstić information content (AvgIpc) is 2.94. The van der Waals surface area contributed by atoms with E-state index in [1.807, 2.05) is 6.20 Å². The molecular formula is C16H20FN3O2S. The van der Waals surface area contributed by atoms with Crippen LogP contribution < -0.4 is 0 Å². The summed E-state index contributed by atoms with van der Waals surface area (Å²) in [6.45, 7) is 3.77. The maximum atomic E-state index is 13.0. The van der Waals surface area contributed by atoms with Gasteiger partial charge in [-0.15, -0.1) is 0 Å². The third kappa shape index (κ3) is 3.79. The first-order valence-corrected chi connectivity index (χ1v) is 9.39. The fourth-order valence-corrected chi connectivity index (χ4v) is 4.09. The number of aromatic nitrogens is 2. The zero-order valence-corrected chi connectivity index (χ0v) is 13.8. The van der Waals surface area contributed by atoms with Crippen LogP contribution in [0.15, 0.2) is 36.7 Å². The van der Waals surface area contributed by atoms with Gasteiger partial charge in [-0.1, -0.05) is 0 Å². The molecule has 1 saturated heterocycles. The largest absolute Gasteiger partial charge is 0.298 e. The summed E-state index contributed by atoms with van der Waals surface area (Å²) in [5, 5.41) is 4.03. The van der Waals surface area contributed by atoms with Crippen LogP contribution in [0.4, 0.5) is 4.39 Å². The second-order valence-electron chi connectivity index (χ2n) is 6.01.